The predicted octanol–water partition coefficient (Wildman–Crippen LogP) is 5.56. The first-order valence-electron chi connectivity index (χ1n) is 8.53. The van der Waals surface area contributed by atoms with Crippen LogP contribution < -0.4 is 10.1 Å². The topological polar surface area (TPSA) is 77.5 Å². The Balaban J connectivity index is 1.39. The standard InChI is InChI=1S/C21H14N2O4S/c1-25-14-6-7-17-13(8-14)10-18(26-17)15-11-28-21(22-15)23-20(24)19-9-12-4-2-3-5-16(12)27-19/h2-11H,1H3,(H,22,23,24). The van der Waals surface area contributed by atoms with Gasteiger partial charge in [0.1, 0.15) is 22.6 Å². The zero-order valence-electron chi connectivity index (χ0n) is 14.8. The van der Waals surface area contributed by atoms with Gasteiger partial charge < -0.3 is 13.6 Å². The lowest BCUT2D eigenvalue weighted by molar-refractivity contribution is 0.0998. The number of carbonyl (C=O) groups excluding carboxylic acids is 1. The van der Waals surface area contributed by atoms with E-state index in [1.807, 2.05) is 53.9 Å². The van der Waals surface area contributed by atoms with E-state index < -0.39 is 0 Å². The van der Waals surface area contributed by atoms with E-state index in [1.165, 1.54) is 11.3 Å². The fraction of sp³-hybridized carbons (Fsp3) is 0.0476. The van der Waals surface area contributed by atoms with Gasteiger partial charge in [0.25, 0.3) is 5.91 Å². The highest BCUT2D eigenvalue weighted by molar-refractivity contribution is 7.14. The smallest absolute Gasteiger partial charge is 0.293 e. The molecule has 1 N–H and O–H groups in total. The lowest BCUT2D eigenvalue weighted by atomic mass is 10.2. The second-order valence-electron chi connectivity index (χ2n) is 6.15. The van der Waals surface area contributed by atoms with E-state index in [4.69, 9.17) is 13.6 Å². The van der Waals surface area contributed by atoms with Crippen LogP contribution in [0.4, 0.5) is 5.13 Å². The number of para-hydroxylation sites is 1. The molecule has 3 heterocycles. The van der Waals surface area contributed by atoms with Crippen molar-refractivity contribution < 1.29 is 18.4 Å². The Labute approximate surface area is 163 Å². The minimum atomic E-state index is -0.341. The lowest BCUT2D eigenvalue weighted by Crippen LogP contribution is -2.10. The highest BCUT2D eigenvalue weighted by Gasteiger charge is 2.16. The van der Waals surface area contributed by atoms with Crippen LogP contribution in [0.2, 0.25) is 0 Å². The summed E-state index contributed by atoms with van der Waals surface area (Å²) in [5, 5.41) is 6.89. The summed E-state index contributed by atoms with van der Waals surface area (Å²) in [5.74, 6) is 1.29. The normalized spacial score (nSPS) is 11.2. The molecule has 0 unspecified atom stereocenters. The molecule has 0 aliphatic rings. The average molecular weight is 390 g/mol. The molecule has 0 atom stereocenters. The molecular formula is C21H14N2O4S. The molecule has 0 aliphatic heterocycles. The number of fused-ring (bicyclic) bond motifs is 2. The molecule has 0 saturated carbocycles. The Hall–Kier alpha value is -3.58. The number of furan rings is 2. The summed E-state index contributed by atoms with van der Waals surface area (Å²) in [6.45, 7) is 0. The summed E-state index contributed by atoms with van der Waals surface area (Å²) in [6, 6.07) is 16.7. The maximum atomic E-state index is 12.5. The average Bonchev–Trinajstić information content (AvgIpc) is 3.44. The number of amides is 1. The van der Waals surface area contributed by atoms with Crippen LogP contribution in [-0.2, 0) is 0 Å². The molecule has 0 aliphatic carbocycles. The molecule has 0 spiro atoms. The molecule has 3 aromatic heterocycles. The second-order valence-corrected chi connectivity index (χ2v) is 7.01. The third-order valence-electron chi connectivity index (χ3n) is 4.35. The third kappa shape index (κ3) is 2.91. The summed E-state index contributed by atoms with van der Waals surface area (Å²) in [5.41, 5.74) is 2.07. The van der Waals surface area contributed by atoms with Crippen LogP contribution in [-0.4, -0.2) is 18.0 Å². The third-order valence-corrected chi connectivity index (χ3v) is 5.11. The zero-order chi connectivity index (χ0) is 19.1. The van der Waals surface area contributed by atoms with Gasteiger partial charge in [-0.15, -0.1) is 11.3 Å². The Bertz CT molecular complexity index is 1280. The number of hydrogen-bond donors (Lipinski definition) is 1. The molecule has 7 heteroatoms. The number of nitrogens with one attached hydrogen (secondary N) is 1. The van der Waals surface area contributed by atoms with Gasteiger partial charge in [-0.2, -0.15) is 0 Å². The van der Waals surface area contributed by atoms with E-state index in [-0.39, 0.29) is 11.7 Å². The van der Waals surface area contributed by atoms with E-state index in [0.717, 1.165) is 22.1 Å². The number of methoxy groups -OCH3 is 1. The fourth-order valence-electron chi connectivity index (χ4n) is 2.97. The molecule has 1 amide bonds. The molecule has 2 aromatic carbocycles. The van der Waals surface area contributed by atoms with E-state index in [1.54, 1.807) is 13.2 Å². The first-order chi connectivity index (χ1) is 13.7. The van der Waals surface area contributed by atoms with Crippen molar-refractivity contribution in [2.24, 2.45) is 0 Å². The van der Waals surface area contributed by atoms with E-state index in [9.17, 15) is 4.79 Å². The van der Waals surface area contributed by atoms with Gasteiger partial charge in [-0.25, -0.2) is 4.98 Å². The first kappa shape index (κ1) is 16.6. The molecule has 6 nitrogen and oxygen atoms in total. The fourth-order valence-corrected chi connectivity index (χ4v) is 3.67. The lowest BCUT2D eigenvalue weighted by Gasteiger charge is -1.97. The van der Waals surface area contributed by atoms with E-state index in [0.29, 0.717) is 22.2 Å². The largest absolute Gasteiger partial charge is 0.497 e. The van der Waals surface area contributed by atoms with Gasteiger partial charge in [0.15, 0.2) is 16.7 Å². The van der Waals surface area contributed by atoms with Crippen LogP contribution in [0.25, 0.3) is 33.4 Å². The van der Waals surface area contributed by atoms with Crippen LogP contribution in [0, 0.1) is 0 Å². The summed E-state index contributed by atoms with van der Waals surface area (Å²) >= 11 is 1.32. The van der Waals surface area contributed by atoms with E-state index >= 15 is 0 Å². The van der Waals surface area contributed by atoms with Gasteiger partial charge in [0.2, 0.25) is 0 Å². The number of nitrogens with zero attached hydrogens (tertiary/aromatic N) is 1. The molecule has 0 radical (unpaired) electrons. The van der Waals surface area contributed by atoms with Crippen molar-refractivity contribution in [3.63, 3.8) is 0 Å². The van der Waals surface area contributed by atoms with Gasteiger partial charge in [-0.3, -0.25) is 10.1 Å². The maximum Gasteiger partial charge on any atom is 0.293 e. The maximum absolute atomic E-state index is 12.5. The molecule has 0 saturated heterocycles. The predicted molar refractivity (Wildman–Crippen MR) is 108 cm³/mol. The van der Waals surface area contributed by atoms with Crippen molar-refractivity contribution >= 4 is 44.3 Å². The highest BCUT2D eigenvalue weighted by Crippen LogP contribution is 2.32. The summed E-state index contributed by atoms with van der Waals surface area (Å²) < 4.78 is 16.7. The van der Waals surface area contributed by atoms with Crippen LogP contribution in [0.3, 0.4) is 0 Å². The molecule has 5 rings (SSSR count). The SMILES string of the molecule is COc1ccc2oc(-c3csc(NC(=O)c4cc5ccccc5o4)n3)cc2c1. The number of benzene rings is 2. The Kier molecular flexibility index (Phi) is 3.87. The monoisotopic (exact) mass is 390 g/mol. The van der Waals surface area contributed by atoms with Crippen LogP contribution in [0.15, 0.2) is 68.8 Å². The summed E-state index contributed by atoms with van der Waals surface area (Å²) in [6.07, 6.45) is 0. The number of carbonyl (C=O) groups is 1. The quantitative estimate of drug-likeness (QED) is 0.434. The first-order valence-corrected chi connectivity index (χ1v) is 9.41. The van der Waals surface area contributed by atoms with Crippen molar-refractivity contribution in [1.82, 2.24) is 4.98 Å². The molecule has 0 fully saturated rings. The van der Waals surface area contributed by atoms with Crippen molar-refractivity contribution in [2.45, 2.75) is 0 Å². The molecule has 0 bridgehead atoms. The minimum Gasteiger partial charge on any atom is -0.497 e. The Morgan fingerprint density at radius 3 is 2.75 bits per heavy atom. The van der Waals surface area contributed by atoms with Crippen molar-refractivity contribution in [3.05, 3.63) is 65.7 Å². The number of hydrogen-bond acceptors (Lipinski definition) is 6. The minimum absolute atomic E-state index is 0.244. The van der Waals surface area contributed by atoms with Gasteiger partial charge in [0, 0.05) is 16.2 Å². The second kappa shape index (κ2) is 6.54. The van der Waals surface area contributed by atoms with Crippen molar-refractivity contribution in [3.8, 4) is 17.2 Å². The number of rotatable bonds is 4. The Morgan fingerprint density at radius 1 is 1.04 bits per heavy atom. The van der Waals surface area contributed by atoms with E-state index in [2.05, 4.69) is 10.3 Å². The van der Waals surface area contributed by atoms with Gasteiger partial charge in [-0.1, -0.05) is 18.2 Å². The summed E-state index contributed by atoms with van der Waals surface area (Å²) in [4.78, 5) is 16.9. The summed E-state index contributed by atoms with van der Waals surface area (Å²) in [7, 11) is 1.62. The van der Waals surface area contributed by atoms with Gasteiger partial charge in [-0.05, 0) is 36.4 Å². The molecule has 138 valence electrons. The molecule has 28 heavy (non-hydrogen) atoms. The van der Waals surface area contributed by atoms with Gasteiger partial charge >= 0.3 is 0 Å². The Morgan fingerprint density at radius 2 is 1.89 bits per heavy atom. The van der Waals surface area contributed by atoms with Crippen LogP contribution in [0.1, 0.15) is 10.6 Å². The number of thiazole rings is 1. The zero-order valence-corrected chi connectivity index (χ0v) is 15.6. The van der Waals surface area contributed by atoms with Gasteiger partial charge in [0.05, 0.1) is 7.11 Å². The van der Waals surface area contributed by atoms with Crippen LogP contribution >= 0.6 is 11.3 Å². The van der Waals surface area contributed by atoms with Crippen LogP contribution in [0.5, 0.6) is 5.75 Å². The number of anilines is 1. The van der Waals surface area contributed by atoms with Crippen molar-refractivity contribution in [2.75, 3.05) is 12.4 Å². The molecule has 5 aromatic rings. The molecular weight excluding hydrogens is 376 g/mol. The van der Waals surface area contributed by atoms with Crippen molar-refractivity contribution in [1.29, 1.82) is 0 Å². The number of ether oxygens (including phenoxy) is 1. The number of aromatic nitrogens is 1. The highest BCUT2D eigenvalue weighted by atomic mass is 32.1.